The second-order valence-electron chi connectivity index (χ2n) is 3.85. The second kappa shape index (κ2) is 4.83. The molecule has 7 heteroatoms. The topological polar surface area (TPSA) is 64.7 Å². The van der Waals surface area contributed by atoms with Gasteiger partial charge in [0.2, 0.25) is 5.95 Å². The van der Waals surface area contributed by atoms with Crippen molar-refractivity contribution in [2.24, 2.45) is 0 Å². The molecule has 2 N–H and O–H groups in total. The Morgan fingerprint density at radius 3 is 2.63 bits per heavy atom. The van der Waals surface area contributed by atoms with E-state index in [0.717, 1.165) is 6.20 Å². The van der Waals surface area contributed by atoms with Crippen LogP contribution in [0.2, 0.25) is 0 Å². The zero-order valence-corrected chi connectivity index (χ0v) is 10.1. The van der Waals surface area contributed by atoms with Gasteiger partial charge in [-0.15, -0.1) is 0 Å². The van der Waals surface area contributed by atoms with Gasteiger partial charge < -0.3 is 5.73 Å². The molecule has 0 spiro atoms. The molecule has 0 aromatic carbocycles. The summed E-state index contributed by atoms with van der Waals surface area (Å²) >= 11 is 0. The van der Waals surface area contributed by atoms with Crippen LogP contribution in [0.15, 0.2) is 24.4 Å². The summed E-state index contributed by atoms with van der Waals surface area (Å²) < 4.78 is 38.6. The molecule has 0 saturated carbocycles. The number of hydrogen-bond acceptors (Lipinski definition) is 4. The van der Waals surface area contributed by atoms with E-state index < -0.39 is 11.9 Å². The molecule has 0 atom stereocenters. The highest BCUT2D eigenvalue weighted by Crippen LogP contribution is 2.34. The Hall–Kier alpha value is -2.18. The Morgan fingerprint density at radius 1 is 1.26 bits per heavy atom. The van der Waals surface area contributed by atoms with Gasteiger partial charge >= 0.3 is 6.18 Å². The molecule has 0 bridgehead atoms. The fourth-order valence-corrected chi connectivity index (χ4v) is 1.67. The summed E-state index contributed by atoms with van der Waals surface area (Å²) in [7, 11) is 0. The Balaban J connectivity index is 2.62. The van der Waals surface area contributed by atoms with Gasteiger partial charge in [-0.25, -0.2) is 9.97 Å². The number of nitrogens with two attached hydrogens (primary N) is 1. The van der Waals surface area contributed by atoms with Crippen LogP contribution in [-0.2, 0) is 12.6 Å². The summed E-state index contributed by atoms with van der Waals surface area (Å²) in [4.78, 5) is 11.2. The average Bonchev–Trinajstić information content (AvgIpc) is 2.37. The number of aromatic nitrogens is 3. The Bertz CT molecular complexity index is 596. The first-order chi connectivity index (χ1) is 8.91. The van der Waals surface area contributed by atoms with Crippen LogP contribution in [0.5, 0.6) is 0 Å². The summed E-state index contributed by atoms with van der Waals surface area (Å²) in [5.41, 5.74) is 5.14. The van der Waals surface area contributed by atoms with Gasteiger partial charge in [0.15, 0.2) is 5.69 Å². The monoisotopic (exact) mass is 268 g/mol. The van der Waals surface area contributed by atoms with Crippen molar-refractivity contribution >= 4 is 5.95 Å². The van der Waals surface area contributed by atoms with Crippen LogP contribution in [0.4, 0.5) is 19.1 Å². The van der Waals surface area contributed by atoms with E-state index in [1.54, 1.807) is 0 Å². The normalized spacial score (nSPS) is 11.6. The first-order valence-corrected chi connectivity index (χ1v) is 5.58. The average molecular weight is 268 g/mol. The fraction of sp³-hybridized carbons (Fsp3) is 0.250. The van der Waals surface area contributed by atoms with E-state index in [1.165, 1.54) is 18.2 Å². The van der Waals surface area contributed by atoms with Gasteiger partial charge in [0.1, 0.15) is 0 Å². The highest BCUT2D eigenvalue weighted by Gasteiger charge is 2.35. The lowest BCUT2D eigenvalue weighted by Crippen LogP contribution is -2.11. The maximum Gasteiger partial charge on any atom is 0.434 e. The maximum atomic E-state index is 12.9. The van der Waals surface area contributed by atoms with Crippen LogP contribution in [0.25, 0.3) is 11.3 Å². The van der Waals surface area contributed by atoms with Gasteiger partial charge in [-0.05, 0) is 24.6 Å². The highest BCUT2D eigenvalue weighted by molar-refractivity contribution is 5.63. The number of halogens is 3. The highest BCUT2D eigenvalue weighted by atomic mass is 19.4. The third-order valence-corrected chi connectivity index (χ3v) is 2.51. The van der Waals surface area contributed by atoms with Crippen molar-refractivity contribution < 1.29 is 13.2 Å². The van der Waals surface area contributed by atoms with Crippen LogP contribution >= 0.6 is 0 Å². The summed E-state index contributed by atoms with van der Waals surface area (Å²) in [5.74, 6) is -0.0497. The Labute approximate surface area is 107 Å². The molecule has 2 aromatic rings. The number of nitrogen functional groups attached to an aromatic ring is 1. The lowest BCUT2D eigenvalue weighted by atomic mass is 10.1. The number of anilines is 1. The predicted molar refractivity (Wildman–Crippen MR) is 64.1 cm³/mol. The van der Waals surface area contributed by atoms with Crippen LogP contribution in [0, 0.1) is 0 Å². The zero-order chi connectivity index (χ0) is 14.0. The molecule has 0 saturated heterocycles. The van der Waals surface area contributed by atoms with Crippen molar-refractivity contribution in [2.45, 2.75) is 19.5 Å². The van der Waals surface area contributed by atoms with Gasteiger partial charge in [0.05, 0.1) is 5.69 Å². The molecule has 0 unspecified atom stereocenters. The van der Waals surface area contributed by atoms with Crippen LogP contribution < -0.4 is 5.73 Å². The molecule has 0 aliphatic carbocycles. The fourth-order valence-electron chi connectivity index (χ4n) is 1.67. The van der Waals surface area contributed by atoms with E-state index in [-0.39, 0.29) is 17.2 Å². The predicted octanol–water partition coefficient (Wildman–Crippen LogP) is 2.70. The van der Waals surface area contributed by atoms with E-state index in [9.17, 15) is 13.2 Å². The van der Waals surface area contributed by atoms with Crippen molar-refractivity contribution in [3.63, 3.8) is 0 Å². The smallest absolute Gasteiger partial charge is 0.368 e. The molecule has 2 rings (SSSR count). The van der Waals surface area contributed by atoms with Crippen molar-refractivity contribution in [3.8, 4) is 11.3 Å². The van der Waals surface area contributed by atoms with Crippen LogP contribution in [0.1, 0.15) is 18.3 Å². The standard InChI is InChI=1S/C12H11F3N4/c1-2-7-6-9(19-11(16)18-7)8-4-3-5-17-10(8)12(13,14)15/h3-6H,2H2,1H3,(H2,16,18,19). The van der Waals surface area contributed by atoms with Crippen LogP contribution in [-0.4, -0.2) is 15.0 Å². The number of hydrogen-bond donors (Lipinski definition) is 1. The summed E-state index contributed by atoms with van der Waals surface area (Å²) in [6.45, 7) is 1.83. The second-order valence-corrected chi connectivity index (χ2v) is 3.85. The van der Waals surface area contributed by atoms with Gasteiger partial charge in [0, 0.05) is 17.5 Å². The van der Waals surface area contributed by atoms with Crippen molar-refractivity contribution in [2.75, 3.05) is 5.73 Å². The first-order valence-electron chi connectivity index (χ1n) is 5.58. The van der Waals surface area contributed by atoms with E-state index >= 15 is 0 Å². The molecular weight excluding hydrogens is 257 g/mol. The van der Waals surface area contributed by atoms with Crippen molar-refractivity contribution in [3.05, 3.63) is 35.8 Å². The van der Waals surface area contributed by atoms with Gasteiger partial charge in [-0.1, -0.05) is 6.92 Å². The van der Waals surface area contributed by atoms with E-state index in [0.29, 0.717) is 12.1 Å². The minimum atomic E-state index is -4.54. The lowest BCUT2D eigenvalue weighted by Gasteiger charge is -2.11. The third-order valence-electron chi connectivity index (χ3n) is 2.51. The number of pyridine rings is 1. The van der Waals surface area contributed by atoms with Gasteiger partial charge in [0.25, 0.3) is 0 Å². The summed E-state index contributed by atoms with van der Waals surface area (Å²) in [6, 6.07) is 4.23. The molecular formula is C12H11F3N4. The van der Waals surface area contributed by atoms with E-state index in [2.05, 4.69) is 15.0 Å². The third kappa shape index (κ3) is 2.81. The molecule has 0 fully saturated rings. The Kier molecular flexibility index (Phi) is 3.37. The number of aryl methyl sites for hydroxylation is 1. The van der Waals surface area contributed by atoms with Gasteiger partial charge in [-0.2, -0.15) is 13.2 Å². The first kappa shape index (κ1) is 13.3. The Morgan fingerprint density at radius 2 is 2.00 bits per heavy atom. The van der Waals surface area contributed by atoms with Crippen LogP contribution in [0.3, 0.4) is 0 Å². The number of nitrogens with zero attached hydrogens (tertiary/aromatic N) is 3. The maximum absolute atomic E-state index is 12.9. The minimum absolute atomic E-state index is 0.0497. The largest absolute Gasteiger partial charge is 0.434 e. The zero-order valence-electron chi connectivity index (χ0n) is 10.1. The molecule has 4 nitrogen and oxygen atoms in total. The molecule has 0 aliphatic rings. The SMILES string of the molecule is CCc1cc(-c2cccnc2C(F)(F)F)nc(N)n1. The molecule has 19 heavy (non-hydrogen) atoms. The minimum Gasteiger partial charge on any atom is -0.368 e. The molecule has 2 aromatic heterocycles. The summed E-state index contributed by atoms with van der Waals surface area (Å²) in [5, 5.41) is 0. The van der Waals surface area contributed by atoms with Gasteiger partial charge in [-0.3, -0.25) is 4.98 Å². The quantitative estimate of drug-likeness (QED) is 0.909. The van der Waals surface area contributed by atoms with Crippen molar-refractivity contribution in [1.82, 2.24) is 15.0 Å². The lowest BCUT2D eigenvalue weighted by molar-refractivity contribution is -0.140. The van der Waals surface area contributed by atoms with E-state index in [1.807, 2.05) is 6.92 Å². The van der Waals surface area contributed by atoms with Crippen molar-refractivity contribution in [1.29, 1.82) is 0 Å². The molecule has 0 radical (unpaired) electrons. The number of alkyl halides is 3. The molecule has 0 amide bonds. The molecule has 100 valence electrons. The molecule has 0 aliphatic heterocycles. The molecule has 2 heterocycles. The van der Waals surface area contributed by atoms with E-state index in [4.69, 9.17) is 5.73 Å². The number of rotatable bonds is 2. The summed E-state index contributed by atoms with van der Waals surface area (Å²) in [6.07, 6.45) is -2.89.